The second kappa shape index (κ2) is 12.1. The topological polar surface area (TPSA) is 92.9 Å². The molecule has 2 heterocycles. The van der Waals surface area contributed by atoms with Crippen molar-refractivity contribution in [3.05, 3.63) is 60.1 Å². The SMILES string of the molecule is CCNCc1ccccc1NC(=O)CCc1nc(-c2ccccn2)no1.Cl.Cl. The molecule has 0 saturated heterocycles. The first-order chi connectivity index (χ1) is 12.8. The largest absolute Gasteiger partial charge is 0.339 e. The number of para-hydroxylation sites is 1. The zero-order valence-corrected chi connectivity index (χ0v) is 17.1. The highest BCUT2D eigenvalue weighted by atomic mass is 35.5. The zero-order chi connectivity index (χ0) is 18.2. The van der Waals surface area contributed by atoms with Crippen LogP contribution in [0.25, 0.3) is 11.5 Å². The normalized spacial score (nSPS) is 9.89. The molecule has 0 bridgehead atoms. The molecular weight excluding hydrogens is 401 g/mol. The van der Waals surface area contributed by atoms with Gasteiger partial charge < -0.3 is 15.2 Å². The van der Waals surface area contributed by atoms with Crippen LogP contribution >= 0.6 is 24.8 Å². The maximum absolute atomic E-state index is 12.3. The van der Waals surface area contributed by atoms with E-state index in [-0.39, 0.29) is 37.1 Å². The number of anilines is 1. The Morgan fingerprint density at radius 1 is 1.11 bits per heavy atom. The summed E-state index contributed by atoms with van der Waals surface area (Å²) in [6.45, 7) is 3.63. The monoisotopic (exact) mass is 423 g/mol. The molecule has 0 aliphatic carbocycles. The van der Waals surface area contributed by atoms with Crippen LogP contribution < -0.4 is 10.6 Å². The molecule has 0 spiro atoms. The fourth-order valence-electron chi connectivity index (χ4n) is 2.44. The van der Waals surface area contributed by atoms with Crippen LogP contribution in [0.1, 0.15) is 24.8 Å². The molecule has 0 aliphatic rings. The van der Waals surface area contributed by atoms with Crippen molar-refractivity contribution in [1.82, 2.24) is 20.4 Å². The highest BCUT2D eigenvalue weighted by molar-refractivity contribution is 5.91. The quantitative estimate of drug-likeness (QED) is 0.574. The van der Waals surface area contributed by atoms with Crippen LogP contribution in [0.3, 0.4) is 0 Å². The van der Waals surface area contributed by atoms with E-state index >= 15 is 0 Å². The van der Waals surface area contributed by atoms with E-state index in [9.17, 15) is 4.79 Å². The molecule has 0 fully saturated rings. The second-order valence-electron chi connectivity index (χ2n) is 5.71. The van der Waals surface area contributed by atoms with Crippen molar-refractivity contribution in [2.24, 2.45) is 0 Å². The molecule has 1 amide bonds. The fourth-order valence-corrected chi connectivity index (χ4v) is 2.44. The Balaban J connectivity index is 0.00000196. The Morgan fingerprint density at radius 3 is 2.64 bits per heavy atom. The zero-order valence-electron chi connectivity index (χ0n) is 15.4. The molecular formula is C19H23Cl2N5O2. The molecule has 2 N–H and O–H groups in total. The third-order valence-electron chi connectivity index (χ3n) is 3.78. The van der Waals surface area contributed by atoms with Gasteiger partial charge in [0.2, 0.25) is 17.6 Å². The summed E-state index contributed by atoms with van der Waals surface area (Å²) in [4.78, 5) is 20.7. The van der Waals surface area contributed by atoms with Gasteiger partial charge in [-0.15, -0.1) is 24.8 Å². The minimum atomic E-state index is -0.0912. The van der Waals surface area contributed by atoms with Crippen molar-refractivity contribution in [1.29, 1.82) is 0 Å². The maximum atomic E-state index is 12.3. The second-order valence-corrected chi connectivity index (χ2v) is 5.71. The summed E-state index contributed by atoms with van der Waals surface area (Å²) in [5.41, 5.74) is 2.51. The van der Waals surface area contributed by atoms with Crippen LogP contribution in [0.2, 0.25) is 0 Å². The summed E-state index contributed by atoms with van der Waals surface area (Å²) < 4.78 is 5.21. The third kappa shape index (κ3) is 6.60. The fraction of sp³-hybridized carbons (Fsp3) is 0.263. The summed E-state index contributed by atoms with van der Waals surface area (Å²) in [6.07, 6.45) is 2.31. The summed E-state index contributed by atoms with van der Waals surface area (Å²) in [5.74, 6) is 0.755. The molecule has 3 rings (SSSR count). The van der Waals surface area contributed by atoms with E-state index in [4.69, 9.17) is 4.52 Å². The van der Waals surface area contributed by atoms with Gasteiger partial charge in [0.25, 0.3) is 0 Å². The summed E-state index contributed by atoms with van der Waals surface area (Å²) >= 11 is 0. The first-order valence-electron chi connectivity index (χ1n) is 8.58. The van der Waals surface area contributed by atoms with E-state index in [0.29, 0.717) is 30.4 Å². The van der Waals surface area contributed by atoms with Crippen molar-refractivity contribution < 1.29 is 9.32 Å². The van der Waals surface area contributed by atoms with Gasteiger partial charge in [0, 0.05) is 31.3 Å². The molecule has 7 nitrogen and oxygen atoms in total. The number of aryl methyl sites for hydroxylation is 1. The van der Waals surface area contributed by atoms with E-state index in [1.165, 1.54) is 0 Å². The standard InChI is InChI=1S/C19H21N5O2.2ClH/c1-2-20-13-14-7-3-4-8-15(14)22-17(25)10-11-18-23-19(24-26-18)16-9-5-6-12-21-16;;/h3-9,12,20H,2,10-11,13H2,1H3,(H,22,25);2*1H. The third-order valence-corrected chi connectivity index (χ3v) is 3.78. The number of hydrogen-bond donors (Lipinski definition) is 2. The molecule has 0 unspecified atom stereocenters. The van der Waals surface area contributed by atoms with Gasteiger partial charge in [0.1, 0.15) is 5.69 Å². The van der Waals surface area contributed by atoms with Crippen molar-refractivity contribution in [2.75, 3.05) is 11.9 Å². The lowest BCUT2D eigenvalue weighted by Gasteiger charge is -2.11. The van der Waals surface area contributed by atoms with Crippen molar-refractivity contribution in [3.63, 3.8) is 0 Å². The molecule has 28 heavy (non-hydrogen) atoms. The van der Waals surface area contributed by atoms with E-state index < -0.39 is 0 Å². The van der Waals surface area contributed by atoms with Gasteiger partial charge in [-0.3, -0.25) is 9.78 Å². The average Bonchev–Trinajstić information content (AvgIpc) is 3.15. The number of halogens is 2. The van der Waals surface area contributed by atoms with Crippen LogP contribution in [-0.4, -0.2) is 27.6 Å². The Labute approximate surface area is 176 Å². The number of pyridine rings is 1. The van der Waals surface area contributed by atoms with Gasteiger partial charge >= 0.3 is 0 Å². The number of benzene rings is 1. The Kier molecular flexibility index (Phi) is 10.2. The lowest BCUT2D eigenvalue weighted by atomic mass is 10.1. The van der Waals surface area contributed by atoms with E-state index in [1.807, 2.05) is 49.4 Å². The smallest absolute Gasteiger partial charge is 0.227 e. The van der Waals surface area contributed by atoms with E-state index in [2.05, 4.69) is 25.8 Å². The van der Waals surface area contributed by atoms with Gasteiger partial charge in [-0.25, -0.2) is 0 Å². The predicted octanol–water partition coefficient (Wildman–Crippen LogP) is 3.66. The minimum absolute atomic E-state index is 0. The molecule has 1 aromatic carbocycles. The van der Waals surface area contributed by atoms with Gasteiger partial charge in [-0.2, -0.15) is 4.98 Å². The Morgan fingerprint density at radius 2 is 1.89 bits per heavy atom. The summed E-state index contributed by atoms with van der Waals surface area (Å²) in [7, 11) is 0. The molecule has 9 heteroatoms. The maximum Gasteiger partial charge on any atom is 0.227 e. The van der Waals surface area contributed by atoms with Crippen molar-refractivity contribution in [2.45, 2.75) is 26.3 Å². The number of nitrogens with one attached hydrogen (secondary N) is 2. The van der Waals surface area contributed by atoms with Crippen molar-refractivity contribution >= 4 is 36.4 Å². The molecule has 3 aromatic rings. The molecule has 0 atom stereocenters. The van der Waals surface area contributed by atoms with Crippen LogP contribution in [0, 0.1) is 0 Å². The first-order valence-corrected chi connectivity index (χ1v) is 8.58. The van der Waals surface area contributed by atoms with E-state index in [0.717, 1.165) is 17.8 Å². The number of rotatable bonds is 8. The lowest BCUT2D eigenvalue weighted by molar-refractivity contribution is -0.116. The van der Waals surface area contributed by atoms with Crippen LogP contribution in [0.15, 0.2) is 53.2 Å². The molecule has 2 aromatic heterocycles. The number of aromatic nitrogens is 3. The highest BCUT2D eigenvalue weighted by Gasteiger charge is 2.12. The number of hydrogen-bond acceptors (Lipinski definition) is 6. The van der Waals surface area contributed by atoms with Crippen LogP contribution in [-0.2, 0) is 17.8 Å². The van der Waals surface area contributed by atoms with Gasteiger partial charge in [0.15, 0.2) is 0 Å². The van der Waals surface area contributed by atoms with Crippen molar-refractivity contribution in [3.8, 4) is 11.5 Å². The Bertz CT molecular complexity index is 858. The summed E-state index contributed by atoms with van der Waals surface area (Å²) in [5, 5.41) is 10.1. The lowest BCUT2D eigenvalue weighted by Crippen LogP contribution is -2.17. The minimum Gasteiger partial charge on any atom is -0.339 e. The predicted molar refractivity (Wildman–Crippen MR) is 113 cm³/mol. The first kappa shape index (κ1) is 23.6. The molecule has 0 saturated carbocycles. The highest BCUT2D eigenvalue weighted by Crippen LogP contribution is 2.16. The number of carbonyl (C=O) groups is 1. The van der Waals surface area contributed by atoms with Gasteiger partial charge in [-0.1, -0.05) is 36.3 Å². The van der Waals surface area contributed by atoms with Gasteiger partial charge in [0.05, 0.1) is 0 Å². The molecule has 0 radical (unpaired) electrons. The number of amides is 1. The number of carbonyl (C=O) groups excluding carboxylic acids is 1. The molecule has 0 aliphatic heterocycles. The van der Waals surface area contributed by atoms with Crippen LogP contribution in [0.5, 0.6) is 0 Å². The number of nitrogens with zero attached hydrogens (tertiary/aromatic N) is 3. The van der Waals surface area contributed by atoms with E-state index in [1.54, 1.807) is 6.20 Å². The molecule has 150 valence electrons. The average molecular weight is 424 g/mol. The Hall–Kier alpha value is -2.48. The van der Waals surface area contributed by atoms with Crippen LogP contribution in [0.4, 0.5) is 5.69 Å². The van der Waals surface area contributed by atoms with Gasteiger partial charge in [-0.05, 0) is 30.3 Å². The summed E-state index contributed by atoms with van der Waals surface area (Å²) in [6, 6.07) is 13.2.